The fourth-order valence-corrected chi connectivity index (χ4v) is 2.53. The predicted octanol–water partition coefficient (Wildman–Crippen LogP) is 2.70. The molecule has 15 heavy (non-hydrogen) atoms. The standard InChI is InChI=1S/C11H14Cl2N2/c12-8-1-2-9(10(13)7-8)11-3-5-15(11)6-4-14/h1-2,7,11H,3-6,14H2. The largest absolute Gasteiger partial charge is 0.329 e. The molecule has 0 amide bonds. The van der Waals surface area contributed by atoms with Crippen LogP contribution < -0.4 is 5.73 Å². The van der Waals surface area contributed by atoms with Gasteiger partial charge in [-0.25, -0.2) is 0 Å². The van der Waals surface area contributed by atoms with Crippen LogP contribution in [-0.4, -0.2) is 24.5 Å². The van der Waals surface area contributed by atoms with E-state index >= 15 is 0 Å². The van der Waals surface area contributed by atoms with Gasteiger partial charge in [0, 0.05) is 35.7 Å². The first-order valence-corrected chi connectivity index (χ1v) is 5.87. The molecule has 0 bridgehead atoms. The van der Waals surface area contributed by atoms with Crippen molar-refractivity contribution in [3.05, 3.63) is 33.8 Å². The lowest BCUT2D eigenvalue weighted by Crippen LogP contribution is -2.43. The number of rotatable bonds is 3. The Morgan fingerprint density at radius 3 is 2.73 bits per heavy atom. The smallest absolute Gasteiger partial charge is 0.0468 e. The first-order valence-electron chi connectivity index (χ1n) is 5.11. The monoisotopic (exact) mass is 244 g/mol. The molecule has 1 saturated heterocycles. The van der Waals surface area contributed by atoms with E-state index in [1.807, 2.05) is 12.1 Å². The van der Waals surface area contributed by atoms with Crippen molar-refractivity contribution in [3.8, 4) is 0 Å². The van der Waals surface area contributed by atoms with Gasteiger partial charge in [0.15, 0.2) is 0 Å². The first-order chi connectivity index (χ1) is 7.22. The Morgan fingerprint density at radius 1 is 1.40 bits per heavy atom. The number of halogens is 2. The number of likely N-dealkylation sites (tertiary alicyclic amines) is 1. The van der Waals surface area contributed by atoms with Crippen molar-refractivity contribution >= 4 is 23.2 Å². The van der Waals surface area contributed by atoms with Gasteiger partial charge >= 0.3 is 0 Å². The zero-order chi connectivity index (χ0) is 10.8. The van der Waals surface area contributed by atoms with Crippen molar-refractivity contribution in [3.63, 3.8) is 0 Å². The molecule has 0 aromatic heterocycles. The molecule has 1 atom stereocenters. The maximum Gasteiger partial charge on any atom is 0.0468 e. The minimum atomic E-state index is 0.429. The molecule has 2 N–H and O–H groups in total. The molecule has 0 saturated carbocycles. The van der Waals surface area contributed by atoms with E-state index in [2.05, 4.69) is 4.90 Å². The molecule has 4 heteroatoms. The van der Waals surface area contributed by atoms with Gasteiger partial charge in [-0.2, -0.15) is 0 Å². The Labute approximate surface area is 100.0 Å². The van der Waals surface area contributed by atoms with E-state index in [1.165, 1.54) is 5.56 Å². The van der Waals surface area contributed by atoms with Crippen molar-refractivity contribution < 1.29 is 0 Å². The van der Waals surface area contributed by atoms with Crippen LogP contribution in [0.25, 0.3) is 0 Å². The fourth-order valence-electron chi connectivity index (χ4n) is 2.00. The van der Waals surface area contributed by atoms with E-state index in [9.17, 15) is 0 Å². The van der Waals surface area contributed by atoms with Crippen LogP contribution in [0, 0.1) is 0 Å². The summed E-state index contributed by atoms with van der Waals surface area (Å²) in [6.07, 6.45) is 1.15. The molecule has 1 aromatic rings. The number of nitrogens with zero attached hydrogens (tertiary/aromatic N) is 1. The zero-order valence-corrected chi connectivity index (χ0v) is 9.93. The van der Waals surface area contributed by atoms with E-state index in [1.54, 1.807) is 6.07 Å². The molecule has 1 aliphatic rings. The molecule has 82 valence electrons. The van der Waals surface area contributed by atoms with Gasteiger partial charge in [-0.05, 0) is 24.1 Å². The Hall–Kier alpha value is -0.280. The van der Waals surface area contributed by atoms with Crippen LogP contribution >= 0.6 is 23.2 Å². The number of hydrogen-bond acceptors (Lipinski definition) is 2. The molecule has 1 fully saturated rings. The Balaban J connectivity index is 2.15. The number of benzene rings is 1. The molecular weight excluding hydrogens is 231 g/mol. The first kappa shape index (κ1) is 11.2. The third-order valence-corrected chi connectivity index (χ3v) is 3.43. The average Bonchev–Trinajstić information content (AvgIpc) is 2.17. The lowest BCUT2D eigenvalue weighted by molar-refractivity contribution is 0.0952. The molecule has 1 unspecified atom stereocenters. The Morgan fingerprint density at radius 2 is 2.20 bits per heavy atom. The SMILES string of the molecule is NCCN1CCC1c1ccc(Cl)cc1Cl. The summed E-state index contributed by atoms with van der Waals surface area (Å²) in [6, 6.07) is 6.13. The second-order valence-corrected chi connectivity index (χ2v) is 4.64. The van der Waals surface area contributed by atoms with Gasteiger partial charge in [0.2, 0.25) is 0 Å². The van der Waals surface area contributed by atoms with Crippen LogP contribution in [0.5, 0.6) is 0 Å². The second-order valence-electron chi connectivity index (χ2n) is 3.79. The molecular formula is C11H14Cl2N2. The van der Waals surface area contributed by atoms with Gasteiger partial charge in [0.25, 0.3) is 0 Å². The zero-order valence-electron chi connectivity index (χ0n) is 8.42. The normalized spacial score (nSPS) is 21.4. The minimum absolute atomic E-state index is 0.429. The minimum Gasteiger partial charge on any atom is -0.329 e. The molecule has 1 heterocycles. The number of nitrogens with two attached hydrogens (primary N) is 1. The van der Waals surface area contributed by atoms with E-state index < -0.39 is 0 Å². The Bertz CT molecular complexity index is 354. The van der Waals surface area contributed by atoms with Gasteiger partial charge in [0.1, 0.15) is 0 Å². The summed E-state index contributed by atoms with van der Waals surface area (Å²) in [5.41, 5.74) is 6.71. The summed E-state index contributed by atoms with van der Waals surface area (Å²) in [7, 11) is 0. The van der Waals surface area contributed by atoms with Crippen molar-refractivity contribution in [2.75, 3.05) is 19.6 Å². The van der Waals surface area contributed by atoms with Gasteiger partial charge in [0.05, 0.1) is 0 Å². The highest BCUT2D eigenvalue weighted by Crippen LogP contribution is 2.37. The molecule has 0 radical (unpaired) electrons. The molecule has 1 aliphatic heterocycles. The van der Waals surface area contributed by atoms with Crippen molar-refractivity contribution in [2.24, 2.45) is 5.73 Å². The van der Waals surface area contributed by atoms with Crippen molar-refractivity contribution in [1.82, 2.24) is 4.90 Å². The van der Waals surface area contributed by atoms with Gasteiger partial charge < -0.3 is 5.73 Å². The van der Waals surface area contributed by atoms with Crippen LogP contribution in [0.2, 0.25) is 10.0 Å². The summed E-state index contributed by atoms with van der Waals surface area (Å²) in [6.45, 7) is 2.74. The van der Waals surface area contributed by atoms with Gasteiger partial charge in [-0.1, -0.05) is 29.3 Å². The highest BCUT2D eigenvalue weighted by molar-refractivity contribution is 6.35. The maximum atomic E-state index is 6.16. The summed E-state index contributed by atoms with van der Waals surface area (Å²) in [5, 5.41) is 1.45. The van der Waals surface area contributed by atoms with Gasteiger partial charge in [-0.15, -0.1) is 0 Å². The molecule has 2 nitrogen and oxygen atoms in total. The maximum absolute atomic E-state index is 6.16. The second kappa shape index (κ2) is 4.71. The summed E-state index contributed by atoms with van der Waals surface area (Å²) < 4.78 is 0. The van der Waals surface area contributed by atoms with E-state index in [0.29, 0.717) is 17.6 Å². The highest BCUT2D eigenvalue weighted by atomic mass is 35.5. The molecule has 0 spiro atoms. The van der Waals surface area contributed by atoms with Crippen LogP contribution in [-0.2, 0) is 0 Å². The van der Waals surface area contributed by atoms with Crippen molar-refractivity contribution in [1.29, 1.82) is 0 Å². The fraction of sp³-hybridized carbons (Fsp3) is 0.455. The third-order valence-electron chi connectivity index (χ3n) is 2.87. The predicted molar refractivity (Wildman–Crippen MR) is 64.4 cm³/mol. The number of hydrogen-bond donors (Lipinski definition) is 1. The third kappa shape index (κ3) is 2.28. The van der Waals surface area contributed by atoms with Crippen LogP contribution in [0.1, 0.15) is 18.0 Å². The van der Waals surface area contributed by atoms with E-state index in [-0.39, 0.29) is 0 Å². The highest BCUT2D eigenvalue weighted by Gasteiger charge is 2.29. The van der Waals surface area contributed by atoms with Crippen LogP contribution in [0.4, 0.5) is 0 Å². The summed E-state index contributed by atoms with van der Waals surface area (Å²) in [5.74, 6) is 0. The summed E-state index contributed by atoms with van der Waals surface area (Å²) >= 11 is 12.0. The average molecular weight is 245 g/mol. The Kier molecular flexibility index (Phi) is 3.52. The van der Waals surface area contributed by atoms with E-state index in [4.69, 9.17) is 28.9 Å². The van der Waals surface area contributed by atoms with Crippen LogP contribution in [0.3, 0.4) is 0 Å². The summed E-state index contributed by atoms with van der Waals surface area (Å²) in [4.78, 5) is 2.34. The van der Waals surface area contributed by atoms with Gasteiger partial charge in [-0.3, -0.25) is 4.90 Å². The lowest BCUT2D eigenvalue weighted by atomic mass is 9.95. The topological polar surface area (TPSA) is 29.3 Å². The molecule has 2 rings (SSSR count). The van der Waals surface area contributed by atoms with Crippen LogP contribution in [0.15, 0.2) is 18.2 Å². The quantitative estimate of drug-likeness (QED) is 0.887. The molecule has 1 aromatic carbocycles. The molecule has 0 aliphatic carbocycles. The van der Waals surface area contributed by atoms with Crippen molar-refractivity contribution in [2.45, 2.75) is 12.5 Å². The lowest BCUT2D eigenvalue weighted by Gasteiger charge is -2.41. The van der Waals surface area contributed by atoms with E-state index in [0.717, 1.165) is 24.5 Å².